The Hall–Kier alpha value is -1.70. The largest absolute Gasteiger partial charge is 0.351 e. The number of rotatable bonds is 6. The maximum absolute atomic E-state index is 12.1. The van der Waals surface area contributed by atoms with E-state index in [2.05, 4.69) is 26.0 Å². The Bertz CT molecular complexity index is 789. The highest BCUT2D eigenvalue weighted by Crippen LogP contribution is 2.11. The molecular formula is C16H17BrN2O3S. The van der Waals surface area contributed by atoms with Crippen LogP contribution in [-0.2, 0) is 10.0 Å². The molecule has 0 unspecified atom stereocenters. The van der Waals surface area contributed by atoms with E-state index in [0.29, 0.717) is 5.56 Å². The Labute approximate surface area is 144 Å². The van der Waals surface area contributed by atoms with Crippen LogP contribution in [0.1, 0.15) is 15.9 Å². The predicted octanol–water partition coefficient (Wildman–Crippen LogP) is 2.47. The average molecular weight is 397 g/mol. The molecule has 0 aliphatic carbocycles. The summed E-state index contributed by atoms with van der Waals surface area (Å²) in [4.78, 5) is 12.1. The van der Waals surface area contributed by atoms with Crippen LogP contribution in [0.2, 0.25) is 0 Å². The highest BCUT2D eigenvalue weighted by Gasteiger charge is 2.13. The lowest BCUT2D eigenvalue weighted by Gasteiger charge is -2.08. The van der Waals surface area contributed by atoms with E-state index in [1.165, 1.54) is 0 Å². The van der Waals surface area contributed by atoms with Crippen molar-refractivity contribution in [1.29, 1.82) is 0 Å². The van der Waals surface area contributed by atoms with Crippen molar-refractivity contribution < 1.29 is 13.2 Å². The van der Waals surface area contributed by atoms with Crippen LogP contribution in [0.25, 0.3) is 0 Å². The molecule has 7 heteroatoms. The van der Waals surface area contributed by atoms with Gasteiger partial charge in [0.2, 0.25) is 10.0 Å². The lowest BCUT2D eigenvalue weighted by Crippen LogP contribution is -2.34. The zero-order valence-electron chi connectivity index (χ0n) is 12.5. The Morgan fingerprint density at radius 3 is 2.43 bits per heavy atom. The molecule has 0 bridgehead atoms. The Kier molecular flexibility index (Phi) is 5.92. The summed E-state index contributed by atoms with van der Waals surface area (Å²) in [5.41, 5.74) is 1.51. The standard InChI is InChI=1S/C16H17BrN2O3S/c1-12-5-7-15(8-6-12)23(21,22)19-10-9-18-16(20)13-3-2-4-14(17)11-13/h2-8,11,19H,9-10H2,1H3,(H,18,20). The quantitative estimate of drug-likeness (QED) is 0.736. The van der Waals surface area contributed by atoms with Gasteiger partial charge in [0.25, 0.3) is 5.91 Å². The van der Waals surface area contributed by atoms with Crippen LogP contribution >= 0.6 is 15.9 Å². The number of sulfonamides is 1. The zero-order valence-corrected chi connectivity index (χ0v) is 14.9. The molecule has 1 amide bonds. The first-order valence-electron chi connectivity index (χ1n) is 6.98. The van der Waals surface area contributed by atoms with Crippen molar-refractivity contribution in [2.24, 2.45) is 0 Å². The number of halogens is 1. The third-order valence-electron chi connectivity index (χ3n) is 3.12. The van der Waals surface area contributed by atoms with Gasteiger partial charge in [0.05, 0.1) is 4.90 Å². The van der Waals surface area contributed by atoms with Gasteiger partial charge in [-0.1, -0.05) is 39.7 Å². The molecule has 0 spiro atoms. The predicted molar refractivity (Wildman–Crippen MR) is 92.8 cm³/mol. The maximum atomic E-state index is 12.1. The van der Waals surface area contributed by atoms with Crippen LogP contribution in [0, 0.1) is 6.92 Å². The molecule has 0 radical (unpaired) electrons. The van der Waals surface area contributed by atoms with Crippen molar-refractivity contribution in [3.63, 3.8) is 0 Å². The number of hydrogen-bond acceptors (Lipinski definition) is 3. The summed E-state index contributed by atoms with van der Waals surface area (Å²) in [7, 11) is -3.56. The van der Waals surface area contributed by atoms with Crippen molar-refractivity contribution in [2.45, 2.75) is 11.8 Å². The van der Waals surface area contributed by atoms with Gasteiger partial charge < -0.3 is 5.32 Å². The van der Waals surface area contributed by atoms with E-state index in [0.717, 1.165) is 10.0 Å². The van der Waals surface area contributed by atoms with E-state index in [4.69, 9.17) is 0 Å². The lowest BCUT2D eigenvalue weighted by molar-refractivity contribution is 0.0954. The number of benzene rings is 2. The Morgan fingerprint density at radius 2 is 1.78 bits per heavy atom. The molecule has 2 rings (SSSR count). The molecule has 0 saturated heterocycles. The number of carbonyl (C=O) groups excluding carboxylic acids is 1. The van der Waals surface area contributed by atoms with Gasteiger partial charge in [-0.3, -0.25) is 4.79 Å². The van der Waals surface area contributed by atoms with E-state index in [-0.39, 0.29) is 23.9 Å². The Balaban J connectivity index is 1.85. The van der Waals surface area contributed by atoms with Crippen LogP contribution in [0.15, 0.2) is 57.9 Å². The van der Waals surface area contributed by atoms with Gasteiger partial charge in [0.1, 0.15) is 0 Å². The average Bonchev–Trinajstić information content (AvgIpc) is 2.52. The summed E-state index contributed by atoms with van der Waals surface area (Å²) in [6.45, 7) is 2.22. The summed E-state index contributed by atoms with van der Waals surface area (Å²) in [6, 6.07) is 13.6. The molecule has 0 aliphatic rings. The van der Waals surface area contributed by atoms with E-state index in [1.54, 1.807) is 42.5 Å². The van der Waals surface area contributed by atoms with Gasteiger partial charge in [0, 0.05) is 23.1 Å². The second kappa shape index (κ2) is 7.72. The summed E-state index contributed by atoms with van der Waals surface area (Å²) in [6.07, 6.45) is 0. The number of nitrogens with one attached hydrogen (secondary N) is 2. The van der Waals surface area contributed by atoms with Crippen molar-refractivity contribution >= 4 is 31.9 Å². The monoisotopic (exact) mass is 396 g/mol. The van der Waals surface area contributed by atoms with Crippen LogP contribution < -0.4 is 10.0 Å². The van der Waals surface area contributed by atoms with Crippen molar-refractivity contribution in [1.82, 2.24) is 10.0 Å². The number of hydrogen-bond donors (Lipinski definition) is 2. The fraction of sp³-hybridized carbons (Fsp3) is 0.188. The fourth-order valence-corrected chi connectivity index (χ4v) is 3.33. The Morgan fingerprint density at radius 1 is 1.09 bits per heavy atom. The molecule has 2 N–H and O–H groups in total. The number of amides is 1. The molecule has 0 saturated carbocycles. The fourth-order valence-electron chi connectivity index (χ4n) is 1.89. The summed E-state index contributed by atoms with van der Waals surface area (Å²) in [5.74, 6) is -0.249. The van der Waals surface area contributed by atoms with Gasteiger partial charge in [0.15, 0.2) is 0 Å². The van der Waals surface area contributed by atoms with Crippen molar-refractivity contribution in [3.8, 4) is 0 Å². The third kappa shape index (κ3) is 5.16. The topological polar surface area (TPSA) is 75.3 Å². The molecule has 0 fully saturated rings. The van der Waals surface area contributed by atoms with Gasteiger partial charge >= 0.3 is 0 Å². The lowest BCUT2D eigenvalue weighted by atomic mass is 10.2. The summed E-state index contributed by atoms with van der Waals surface area (Å²) >= 11 is 3.30. The maximum Gasteiger partial charge on any atom is 0.251 e. The van der Waals surface area contributed by atoms with Crippen LogP contribution in [0.5, 0.6) is 0 Å². The molecule has 2 aromatic carbocycles. The van der Waals surface area contributed by atoms with Crippen molar-refractivity contribution in [3.05, 3.63) is 64.1 Å². The normalized spacial score (nSPS) is 11.2. The first-order valence-corrected chi connectivity index (χ1v) is 9.26. The minimum absolute atomic E-state index is 0.121. The van der Waals surface area contributed by atoms with Gasteiger partial charge in [-0.25, -0.2) is 13.1 Å². The van der Waals surface area contributed by atoms with Gasteiger partial charge in [-0.05, 0) is 37.3 Å². The van der Waals surface area contributed by atoms with Gasteiger partial charge in [-0.15, -0.1) is 0 Å². The first-order chi connectivity index (χ1) is 10.9. The minimum Gasteiger partial charge on any atom is -0.351 e. The number of aryl methyl sites for hydroxylation is 1. The third-order valence-corrected chi connectivity index (χ3v) is 5.09. The number of carbonyl (C=O) groups is 1. The van der Waals surface area contributed by atoms with Crippen molar-refractivity contribution in [2.75, 3.05) is 13.1 Å². The van der Waals surface area contributed by atoms with E-state index < -0.39 is 10.0 Å². The smallest absolute Gasteiger partial charge is 0.251 e. The van der Waals surface area contributed by atoms with E-state index >= 15 is 0 Å². The van der Waals surface area contributed by atoms with Crippen LogP contribution in [0.4, 0.5) is 0 Å². The molecule has 5 nitrogen and oxygen atoms in total. The minimum atomic E-state index is -3.56. The molecule has 0 heterocycles. The van der Waals surface area contributed by atoms with Crippen LogP contribution in [0.3, 0.4) is 0 Å². The SMILES string of the molecule is Cc1ccc(S(=O)(=O)NCCNC(=O)c2cccc(Br)c2)cc1. The molecule has 122 valence electrons. The molecule has 23 heavy (non-hydrogen) atoms. The molecule has 2 aromatic rings. The molecular weight excluding hydrogens is 380 g/mol. The first kappa shape index (κ1) is 17.7. The second-order valence-electron chi connectivity index (χ2n) is 4.98. The molecule has 0 aromatic heterocycles. The highest BCUT2D eigenvalue weighted by molar-refractivity contribution is 9.10. The zero-order chi connectivity index (χ0) is 16.9. The van der Waals surface area contributed by atoms with E-state index in [1.807, 2.05) is 13.0 Å². The van der Waals surface area contributed by atoms with E-state index in [9.17, 15) is 13.2 Å². The molecule has 0 aliphatic heterocycles. The summed E-state index contributed by atoms with van der Waals surface area (Å²) < 4.78 is 27.4. The second-order valence-corrected chi connectivity index (χ2v) is 7.66. The highest BCUT2D eigenvalue weighted by atomic mass is 79.9. The van der Waals surface area contributed by atoms with Gasteiger partial charge in [-0.2, -0.15) is 0 Å². The summed E-state index contributed by atoms with van der Waals surface area (Å²) in [5, 5.41) is 2.67. The van der Waals surface area contributed by atoms with Crippen LogP contribution in [-0.4, -0.2) is 27.4 Å². The molecule has 0 atom stereocenters.